The van der Waals surface area contributed by atoms with E-state index in [0.717, 1.165) is 23.2 Å². The molecule has 0 saturated heterocycles. The van der Waals surface area contributed by atoms with Gasteiger partial charge in [-0.1, -0.05) is 36.4 Å². The van der Waals surface area contributed by atoms with Gasteiger partial charge in [-0.15, -0.1) is 0 Å². The Labute approximate surface area is 155 Å². The minimum atomic E-state index is -0.345. The van der Waals surface area contributed by atoms with E-state index < -0.39 is 0 Å². The summed E-state index contributed by atoms with van der Waals surface area (Å²) in [6.45, 7) is 0. The van der Waals surface area contributed by atoms with Crippen LogP contribution in [-0.4, -0.2) is 4.92 Å². The van der Waals surface area contributed by atoms with Crippen molar-refractivity contribution in [2.75, 3.05) is 5.32 Å². The molecule has 3 atom stereocenters. The van der Waals surface area contributed by atoms with Crippen molar-refractivity contribution < 1.29 is 9.31 Å². The van der Waals surface area contributed by atoms with E-state index in [2.05, 4.69) is 17.4 Å². The number of benzene rings is 3. The quantitative estimate of drug-likeness (QED) is 0.504. The summed E-state index contributed by atoms with van der Waals surface area (Å²) in [6.07, 6.45) is 0.887. The van der Waals surface area contributed by atoms with Crippen LogP contribution < -0.4 is 5.32 Å². The number of non-ortho nitro benzene ring substituents is 1. The number of halogens is 1. The van der Waals surface area contributed by atoms with Gasteiger partial charge in [0.05, 0.1) is 11.0 Å². The fourth-order valence-electron chi connectivity index (χ4n) is 4.66. The summed E-state index contributed by atoms with van der Waals surface area (Å²) < 4.78 is 13.4. The number of fused-ring (bicyclic) bond motifs is 5. The molecule has 5 heteroatoms. The van der Waals surface area contributed by atoms with Crippen LogP contribution in [0.25, 0.3) is 0 Å². The molecule has 0 radical (unpaired) electrons. The maximum atomic E-state index is 13.4. The zero-order chi connectivity index (χ0) is 18.5. The molecule has 0 unspecified atom stereocenters. The highest BCUT2D eigenvalue weighted by molar-refractivity contribution is 5.65. The summed E-state index contributed by atoms with van der Waals surface area (Å²) >= 11 is 0. The van der Waals surface area contributed by atoms with Gasteiger partial charge in [0.25, 0.3) is 5.69 Å². The van der Waals surface area contributed by atoms with Crippen molar-refractivity contribution in [3.8, 4) is 0 Å². The van der Waals surface area contributed by atoms with Crippen molar-refractivity contribution in [2.24, 2.45) is 5.92 Å². The molecule has 0 bridgehead atoms. The SMILES string of the molecule is O=[N+]([O-])c1ccc2c(c1)[C@@H]1c3ccccc3C[C@H]1[C@H](c1ccc(F)cc1)N2. The van der Waals surface area contributed by atoms with Crippen LogP contribution in [0.2, 0.25) is 0 Å². The van der Waals surface area contributed by atoms with Crippen LogP contribution in [0.3, 0.4) is 0 Å². The number of nitrogens with one attached hydrogen (secondary N) is 1. The third kappa shape index (κ3) is 2.50. The molecule has 2 aliphatic rings. The van der Waals surface area contributed by atoms with Gasteiger partial charge >= 0.3 is 0 Å². The van der Waals surface area contributed by atoms with E-state index in [0.29, 0.717) is 0 Å². The molecule has 0 amide bonds. The van der Waals surface area contributed by atoms with Crippen molar-refractivity contribution in [3.63, 3.8) is 0 Å². The van der Waals surface area contributed by atoms with Crippen molar-refractivity contribution in [1.82, 2.24) is 0 Å². The number of hydrogen-bond donors (Lipinski definition) is 1. The lowest BCUT2D eigenvalue weighted by Gasteiger charge is -2.37. The fraction of sp³-hybridized carbons (Fsp3) is 0.182. The molecule has 27 heavy (non-hydrogen) atoms. The Balaban J connectivity index is 1.68. The third-order valence-corrected chi connectivity index (χ3v) is 5.82. The van der Waals surface area contributed by atoms with E-state index in [1.54, 1.807) is 12.1 Å². The van der Waals surface area contributed by atoms with Gasteiger partial charge < -0.3 is 5.32 Å². The number of nitro groups is 1. The van der Waals surface area contributed by atoms with Gasteiger partial charge in [0.1, 0.15) is 5.82 Å². The van der Waals surface area contributed by atoms with Crippen molar-refractivity contribution in [1.29, 1.82) is 0 Å². The fourth-order valence-corrected chi connectivity index (χ4v) is 4.66. The number of nitro benzene ring substituents is 1. The number of nitrogens with zero attached hydrogens (tertiary/aromatic N) is 1. The second kappa shape index (κ2) is 5.91. The van der Waals surface area contributed by atoms with Crippen molar-refractivity contribution in [3.05, 3.63) is 105 Å². The van der Waals surface area contributed by atoms with E-state index >= 15 is 0 Å². The highest BCUT2D eigenvalue weighted by Gasteiger charge is 2.43. The van der Waals surface area contributed by atoms with Crippen LogP contribution >= 0.6 is 0 Å². The van der Waals surface area contributed by atoms with Crippen molar-refractivity contribution in [2.45, 2.75) is 18.4 Å². The molecule has 0 aromatic heterocycles. The van der Waals surface area contributed by atoms with E-state index in [9.17, 15) is 14.5 Å². The Hall–Kier alpha value is -3.21. The van der Waals surface area contributed by atoms with Gasteiger partial charge in [-0.25, -0.2) is 4.39 Å². The molecule has 4 nitrogen and oxygen atoms in total. The Bertz CT molecular complexity index is 1050. The Morgan fingerprint density at radius 2 is 1.78 bits per heavy atom. The molecule has 0 fully saturated rings. The zero-order valence-corrected chi connectivity index (χ0v) is 14.4. The lowest BCUT2D eigenvalue weighted by Crippen LogP contribution is -2.30. The number of hydrogen-bond acceptors (Lipinski definition) is 3. The first kappa shape index (κ1) is 16.0. The van der Waals surface area contributed by atoms with E-state index in [1.807, 2.05) is 24.3 Å². The normalized spacial score (nSPS) is 22.3. The minimum Gasteiger partial charge on any atom is -0.378 e. The van der Waals surface area contributed by atoms with Crippen LogP contribution in [0.5, 0.6) is 0 Å². The molecule has 134 valence electrons. The first-order chi connectivity index (χ1) is 13.1. The summed E-state index contributed by atoms with van der Waals surface area (Å²) in [7, 11) is 0. The number of anilines is 1. The molecule has 3 aromatic carbocycles. The number of rotatable bonds is 2. The van der Waals surface area contributed by atoms with Gasteiger partial charge in [0, 0.05) is 23.7 Å². The zero-order valence-electron chi connectivity index (χ0n) is 14.4. The second-order valence-corrected chi connectivity index (χ2v) is 7.25. The van der Waals surface area contributed by atoms with Gasteiger partial charge in [-0.2, -0.15) is 0 Å². The first-order valence-electron chi connectivity index (χ1n) is 9.00. The average Bonchev–Trinajstić information content (AvgIpc) is 3.07. The molecule has 3 aromatic rings. The Morgan fingerprint density at radius 3 is 2.56 bits per heavy atom. The highest BCUT2D eigenvalue weighted by Crippen LogP contribution is 2.54. The average molecular weight is 360 g/mol. The monoisotopic (exact) mass is 360 g/mol. The standard InChI is InChI=1S/C22H17FN2O2/c23-15-7-5-13(6-8-15)22-19-11-14-3-1-2-4-17(14)21(19)18-12-16(25(26)27)9-10-20(18)24-22/h1-10,12,19,21-22,24H,11H2/t19-,21+,22+/m1/s1. The molecule has 5 rings (SSSR count). The lowest BCUT2D eigenvalue weighted by molar-refractivity contribution is -0.384. The van der Waals surface area contributed by atoms with Gasteiger partial charge in [0.2, 0.25) is 0 Å². The molecule has 0 saturated carbocycles. The maximum Gasteiger partial charge on any atom is 0.269 e. The summed E-state index contributed by atoms with van der Waals surface area (Å²) in [6, 6.07) is 20.0. The molecule has 1 heterocycles. The molecular weight excluding hydrogens is 343 g/mol. The van der Waals surface area contributed by atoms with E-state index in [1.165, 1.54) is 29.3 Å². The molecule has 1 N–H and O–H groups in total. The maximum absolute atomic E-state index is 13.4. The predicted octanol–water partition coefficient (Wildman–Crippen LogP) is 5.20. The Kier molecular flexibility index (Phi) is 3.50. The Morgan fingerprint density at radius 1 is 1.00 bits per heavy atom. The second-order valence-electron chi connectivity index (χ2n) is 7.25. The van der Waals surface area contributed by atoms with Crippen LogP contribution in [-0.2, 0) is 6.42 Å². The van der Waals surface area contributed by atoms with Crippen LogP contribution in [0.4, 0.5) is 15.8 Å². The minimum absolute atomic E-state index is 0.0250. The first-order valence-corrected chi connectivity index (χ1v) is 9.00. The summed E-state index contributed by atoms with van der Waals surface area (Å²) in [5.41, 5.74) is 5.53. The topological polar surface area (TPSA) is 55.2 Å². The largest absolute Gasteiger partial charge is 0.378 e. The van der Waals surface area contributed by atoms with Gasteiger partial charge in [-0.05, 0) is 52.8 Å². The lowest BCUT2D eigenvalue weighted by atomic mass is 9.75. The van der Waals surface area contributed by atoms with Gasteiger partial charge in [-0.3, -0.25) is 10.1 Å². The third-order valence-electron chi connectivity index (χ3n) is 5.82. The summed E-state index contributed by atoms with van der Waals surface area (Å²) in [5, 5.41) is 14.9. The molecule has 1 aliphatic heterocycles. The predicted molar refractivity (Wildman–Crippen MR) is 101 cm³/mol. The van der Waals surface area contributed by atoms with Crippen LogP contribution in [0.15, 0.2) is 66.7 Å². The van der Waals surface area contributed by atoms with E-state index in [4.69, 9.17) is 0 Å². The van der Waals surface area contributed by atoms with E-state index in [-0.39, 0.29) is 34.3 Å². The van der Waals surface area contributed by atoms with Crippen molar-refractivity contribution >= 4 is 11.4 Å². The highest BCUT2D eigenvalue weighted by atomic mass is 19.1. The molecular formula is C22H17FN2O2. The molecule has 0 spiro atoms. The molecule has 1 aliphatic carbocycles. The van der Waals surface area contributed by atoms with Crippen LogP contribution in [0, 0.1) is 21.8 Å². The van der Waals surface area contributed by atoms with Crippen LogP contribution in [0.1, 0.15) is 34.2 Å². The summed E-state index contributed by atoms with van der Waals surface area (Å²) in [5.74, 6) is 0.0617. The summed E-state index contributed by atoms with van der Waals surface area (Å²) in [4.78, 5) is 10.9. The smallest absolute Gasteiger partial charge is 0.269 e. The van der Waals surface area contributed by atoms with Gasteiger partial charge in [0.15, 0.2) is 0 Å².